The Hall–Kier alpha value is -0.0800. The van der Waals surface area contributed by atoms with Gasteiger partial charge < -0.3 is 10.1 Å². The smallest absolute Gasteiger partial charge is 0.0637 e. The summed E-state index contributed by atoms with van der Waals surface area (Å²) < 4.78 is 5.47. The second kappa shape index (κ2) is 7.38. The molecule has 0 saturated carbocycles. The van der Waals surface area contributed by atoms with E-state index in [0.29, 0.717) is 6.04 Å². The molecule has 2 nitrogen and oxygen atoms in total. The topological polar surface area (TPSA) is 21.3 Å². The zero-order valence-electron chi connectivity index (χ0n) is 13.1. The van der Waals surface area contributed by atoms with E-state index in [1.807, 2.05) is 0 Å². The van der Waals surface area contributed by atoms with E-state index in [1.54, 1.807) is 7.11 Å². The third-order valence-corrected chi connectivity index (χ3v) is 3.76. The summed E-state index contributed by atoms with van der Waals surface area (Å²) in [5.74, 6) is 2.23. The number of rotatable bonds is 8. The van der Waals surface area contributed by atoms with Crippen LogP contribution in [0, 0.1) is 17.8 Å². The number of hydrogen-bond acceptors (Lipinski definition) is 2. The molecular weight excluding hydrogens is 210 g/mol. The van der Waals surface area contributed by atoms with Crippen molar-refractivity contribution >= 4 is 0 Å². The lowest BCUT2D eigenvalue weighted by molar-refractivity contribution is 0.00798. The highest BCUT2D eigenvalue weighted by molar-refractivity contribution is 4.77. The monoisotopic (exact) mass is 243 g/mol. The summed E-state index contributed by atoms with van der Waals surface area (Å²) in [5, 5.41) is 3.66. The first-order chi connectivity index (χ1) is 7.69. The third-order valence-electron chi connectivity index (χ3n) is 3.76. The molecule has 2 heteroatoms. The van der Waals surface area contributed by atoms with E-state index in [-0.39, 0.29) is 5.60 Å². The van der Waals surface area contributed by atoms with E-state index < -0.39 is 0 Å². The molecule has 17 heavy (non-hydrogen) atoms. The first-order valence-electron chi connectivity index (χ1n) is 6.98. The summed E-state index contributed by atoms with van der Waals surface area (Å²) in [6, 6.07) is 0.505. The standard InChI is InChI=1S/C15H33NO/c1-11(2)14(12(3)4)10-16-13(5)9-15(6,7)17-8/h11-14,16H,9-10H2,1-8H3. The van der Waals surface area contributed by atoms with Crippen LogP contribution in [0.15, 0.2) is 0 Å². The maximum atomic E-state index is 5.47. The van der Waals surface area contributed by atoms with Crippen LogP contribution in [-0.4, -0.2) is 25.3 Å². The maximum absolute atomic E-state index is 5.47. The van der Waals surface area contributed by atoms with Crippen molar-refractivity contribution in [3.8, 4) is 0 Å². The molecule has 0 spiro atoms. The Morgan fingerprint density at radius 2 is 1.47 bits per heavy atom. The Morgan fingerprint density at radius 3 is 1.82 bits per heavy atom. The molecule has 0 aliphatic rings. The van der Waals surface area contributed by atoms with Gasteiger partial charge in [0.2, 0.25) is 0 Å². The van der Waals surface area contributed by atoms with Crippen LogP contribution in [-0.2, 0) is 4.74 Å². The van der Waals surface area contributed by atoms with Crippen LogP contribution in [0.3, 0.4) is 0 Å². The summed E-state index contributed by atoms with van der Waals surface area (Å²) in [7, 11) is 1.79. The summed E-state index contributed by atoms with van der Waals surface area (Å²) in [4.78, 5) is 0. The molecule has 0 heterocycles. The van der Waals surface area contributed by atoms with Gasteiger partial charge in [0.1, 0.15) is 0 Å². The minimum atomic E-state index is -0.0302. The molecular formula is C15H33NO. The number of methoxy groups -OCH3 is 1. The lowest BCUT2D eigenvalue weighted by atomic mass is 9.85. The summed E-state index contributed by atoms with van der Waals surface area (Å²) in [5.41, 5.74) is -0.0302. The Kier molecular flexibility index (Phi) is 7.34. The van der Waals surface area contributed by atoms with Gasteiger partial charge in [-0.3, -0.25) is 0 Å². The molecule has 0 aliphatic carbocycles. The molecule has 1 N–H and O–H groups in total. The predicted molar refractivity (Wildman–Crippen MR) is 76.3 cm³/mol. The van der Waals surface area contributed by atoms with Gasteiger partial charge in [0.25, 0.3) is 0 Å². The SMILES string of the molecule is COC(C)(C)CC(C)NCC(C(C)C)C(C)C. The molecule has 0 rings (SSSR count). The minimum Gasteiger partial charge on any atom is -0.379 e. The highest BCUT2D eigenvalue weighted by Gasteiger charge is 2.22. The van der Waals surface area contributed by atoms with Crippen molar-refractivity contribution in [3.63, 3.8) is 0 Å². The van der Waals surface area contributed by atoms with Crippen LogP contribution < -0.4 is 5.32 Å². The molecule has 0 radical (unpaired) electrons. The summed E-state index contributed by atoms with van der Waals surface area (Å²) in [6.07, 6.45) is 1.05. The van der Waals surface area contributed by atoms with Crippen LogP contribution in [0.5, 0.6) is 0 Å². The van der Waals surface area contributed by atoms with Crippen LogP contribution in [0.2, 0.25) is 0 Å². The fourth-order valence-corrected chi connectivity index (χ4v) is 2.47. The van der Waals surface area contributed by atoms with Crippen LogP contribution in [0.4, 0.5) is 0 Å². The van der Waals surface area contributed by atoms with Gasteiger partial charge in [0.05, 0.1) is 5.60 Å². The molecule has 0 aliphatic heterocycles. The molecule has 0 bridgehead atoms. The van der Waals surface area contributed by atoms with Crippen LogP contribution >= 0.6 is 0 Å². The predicted octanol–water partition coefficient (Wildman–Crippen LogP) is 3.71. The fraction of sp³-hybridized carbons (Fsp3) is 1.00. The van der Waals surface area contributed by atoms with E-state index in [2.05, 4.69) is 53.8 Å². The Balaban J connectivity index is 4.09. The molecule has 1 atom stereocenters. The van der Waals surface area contributed by atoms with Gasteiger partial charge in [-0.15, -0.1) is 0 Å². The van der Waals surface area contributed by atoms with Crippen molar-refractivity contribution < 1.29 is 4.74 Å². The van der Waals surface area contributed by atoms with Gasteiger partial charge in [0, 0.05) is 13.2 Å². The number of ether oxygens (including phenoxy) is 1. The van der Waals surface area contributed by atoms with E-state index in [1.165, 1.54) is 0 Å². The van der Waals surface area contributed by atoms with E-state index in [9.17, 15) is 0 Å². The molecule has 0 amide bonds. The van der Waals surface area contributed by atoms with E-state index in [4.69, 9.17) is 4.74 Å². The molecule has 104 valence electrons. The highest BCUT2D eigenvalue weighted by Crippen LogP contribution is 2.20. The molecule has 1 unspecified atom stereocenters. The van der Waals surface area contributed by atoms with Crippen molar-refractivity contribution in [1.82, 2.24) is 5.32 Å². The Labute approximate surface area is 109 Å². The van der Waals surface area contributed by atoms with Gasteiger partial charge in [-0.05, 0) is 51.5 Å². The van der Waals surface area contributed by atoms with Gasteiger partial charge >= 0.3 is 0 Å². The molecule has 0 aromatic rings. The quantitative estimate of drug-likeness (QED) is 0.702. The fourth-order valence-electron chi connectivity index (χ4n) is 2.47. The van der Waals surface area contributed by atoms with Crippen molar-refractivity contribution in [3.05, 3.63) is 0 Å². The first-order valence-corrected chi connectivity index (χ1v) is 6.98. The van der Waals surface area contributed by atoms with Crippen LogP contribution in [0.1, 0.15) is 54.9 Å². The Morgan fingerprint density at radius 1 is 1.00 bits per heavy atom. The second-order valence-electron chi connectivity index (χ2n) is 6.63. The zero-order chi connectivity index (χ0) is 13.6. The molecule has 0 aromatic heterocycles. The van der Waals surface area contributed by atoms with E-state index in [0.717, 1.165) is 30.7 Å². The third kappa shape index (κ3) is 7.05. The van der Waals surface area contributed by atoms with Gasteiger partial charge in [-0.25, -0.2) is 0 Å². The van der Waals surface area contributed by atoms with Gasteiger partial charge in [-0.1, -0.05) is 27.7 Å². The first kappa shape index (κ1) is 16.9. The normalized spacial score (nSPS) is 15.0. The summed E-state index contributed by atoms with van der Waals surface area (Å²) >= 11 is 0. The van der Waals surface area contributed by atoms with Crippen molar-refractivity contribution in [2.75, 3.05) is 13.7 Å². The van der Waals surface area contributed by atoms with Gasteiger partial charge in [-0.2, -0.15) is 0 Å². The molecule has 0 aromatic carbocycles. The average Bonchev–Trinajstić information content (AvgIpc) is 2.16. The lowest BCUT2D eigenvalue weighted by Crippen LogP contribution is -2.39. The lowest BCUT2D eigenvalue weighted by Gasteiger charge is -2.30. The Bertz CT molecular complexity index is 191. The van der Waals surface area contributed by atoms with Crippen molar-refractivity contribution in [2.24, 2.45) is 17.8 Å². The van der Waals surface area contributed by atoms with Crippen molar-refractivity contribution in [2.45, 2.75) is 66.5 Å². The number of nitrogens with one attached hydrogen (secondary N) is 1. The molecule has 0 saturated heterocycles. The largest absolute Gasteiger partial charge is 0.379 e. The maximum Gasteiger partial charge on any atom is 0.0637 e. The van der Waals surface area contributed by atoms with Crippen LogP contribution in [0.25, 0.3) is 0 Å². The minimum absolute atomic E-state index is 0.0302. The van der Waals surface area contributed by atoms with E-state index >= 15 is 0 Å². The average molecular weight is 243 g/mol. The second-order valence-corrected chi connectivity index (χ2v) is 6.63. The number of hydrogen-bond donors (Lipinski definition) is 1. The summed E-state index contributed by atoms with van der Waals surface area (Å²) in [6.45, 7) is 16.9. The van der Waals surface area contributed by atoms with Gasteiger partial charge in [0.15, 0.2) is 0 Å². The zero-order valence-corrected chi connectivity index (χ0v) is 13.1. The highest BCUT2D eigenvalue weighted by atomic mass is 16.5. The molecule has 0 fully saturated rings. The van der Waals surface area contributed by atoms with Crippen molar-refractivity contribution in [1.29, 1.82) is 0 Å².